The number of carbonyl (C=O) groups is 2. The molecule has 0 aromatic rings. The summed E-state index contributed by atoms with van der Waals surface area (Å²) in [5.74, 6) is -0.280. The summed E-state index contributed by atoms with van der Waals surface area (Å²) in [6, 6.07) is 0. The zero-order chi connectivity index (χ0) is 7.28. The van der Waals surface area contributed by atoms with Crippen LogP contribution in [0.15, 0.2) is 0 Å². The first-order chi connectivity index (χ1) is 4.16. The lowest BCUT2D eigenvalue weighted by molar-refractivity contribution is -0.119. The standard InChI is InChI=1S/C4H8N2O2S/c1-3(7)5-6-4(8)9-2/h1-2H3,(H,5,7)(H,6,8). The average Bonchev–Trinajstić information content (AvgIpc) is 1.83. The van der Waals surface area contributed by atoms with Crippen LogP contribution < -0.4 is 10.9 Å². The topological polar surface area (TPSA) is 58.2 Å². The fourth-order valence-corrected chi connectivity index (χ4v) is 0.343. The first kappa shape index (κ1) is 8.29. The predicted octanol–water partition coefficient (Wildman–Crippen LogP) is 0.110. The van der Waals surface area contributed by atoms with Crippen LogP contribution in [0.25, 0.3) is 0 Å². The van der Waals surface area contributed by atoms with Crippen LogP contribution in [0.2, 0.25) is 0 Å². The molecule has 0 saturated carbocycles. The van der Waals surface area contributed by atoms with E-state index in [-0.39, 0.29) is 11.1 Å². The van der Waals surface area contributed by atoms with Crippen molar-refractivity contribution in [3.8, 4) is 0 Å². The van der Waals surface area contributed by atoms with Gasteiger partial charge in [-0.3, -0.25) is 20.4 Å². The molecule has 0 bridgehead atoms. The third-order valence-electron chi connectivity index (χ3n) is 0.526. The first-order valence-electron chi connectivity index (χ1n) is 2.27. The van der Waals surface area contributed by atoms with E-state index in [0.717, 1.165) is 11.8 Å². The highest BCUT2D eigenvalue weighted by Gasteiger charge is 1.94. The van der Waals surface area contributed by atoms with Crippen molar-refractivity contribution in [3.63, 3.8) is 0 Å². The SMILES string of the molecule is CSC(=O)NNC(C)=O. The third-order valence-corrected chi connectivity index (χ3v) is 0.999. The van der Waals surface area contributed by atoms with Gasteiger partial charge in [-0.2, -0.15) is 0 Å². The molecule has 2 N–H and O–H groups in total. The van der Waals surface area contributed by atoms with E-state index < -0.39 is 0 Å². The quantitative estimate of drug-likeness (QED) is 0.479. The highest BCUT2D eigenvalue weighted by atomic mass is 32.2. The summed E-state index contributed by atoms with van der Waals surface area (Å²) in [5, 5.41) is -0.273. The number of hydrazine groups is 1. The van der Waals surface area contributed by atoms with Crippen molar-refractivity contribution >= 4 is 22.9 Å². The predicted molar refractivity (Wildman–Crippen MR) is 35.9 cm³/mol. The van der Waals surface area contributed by atoms with Crippen LogP contribution in [0.4, 0.5) is 4.79 Å². The van der Waals surface area contributed by atoms with E-state index in [9.17, 15) is 9.59 Å². The van der Waals surface area contributed by atoms with Crippen molar-refractivity contribution in [1.82, 2.24) is 10.9 Å². The highest BCUT2D eigenvalue weighted by molar-refractivity contribution is 8.12. The fraction of sp³-hybridized carbons (Fsp3) is 0.500. The van der Waals surface area contributed by atoms with Gasteiger partial charge in [0.1, 0.15) is 0 Å². The summed E-state index contributed by atoms with van der Waals surface area (Å²) in [6.45, 7) is 1.32. The van der Waals surface area contributed by atoms with Crippen molar-refractivity contribution in [1.29, 1.82) is 0 Å². The molecule has 0 radical (unpaired) electrons. The van der Waals surface area contributed by atoms with Gasteiger partial charge in [0.2, 0.25) is 5.91 Å². The Morgan fingerprint density at radius 2 is 1.89 bits per heavy atom. The summed E-state index contributed by atoms with van der Waals surface area (Å²) in [6.07, 6.45) is 1.62. The number of hydrogen-bond donors (Lipinski definition) is 2. The summed E-state index contributed by atoms with van der Waals surface area (Å²) in [4.78, 5) is 20.5. The molecule has 0 heterocycles. The Labute approximate surface area is 57.4 Å². The van der Waals surface area contributed by atoms with Gasteiger partial charge in [0.15, 0.2) is 0 Å². The first-order valence-corrected chi connectivity index (χ1v) is 3.50. The molecule has 9 heavy (non-hydrogen) atoms. The minimum absolute atomic E-state index is 0.273. The molecule has 0 atom stereocenters. The Balaban J connectivity index is 3.28. The molecule has 2 amide bonds. The molecule has 0 unspecified atom stereocenters. The number of amides is 2. The van der Waals surface area contributed by atoms with Crippen molar-refractivity contribution < 1.29 is 9.59 Å². The van der Waals surface area contributed by atoms with Crippen molar-refractivity contribution in [2.75, 3.05) is 6.26 Å². The maximum atomic E-state index is 10.4. The Kier molecular flexibility index (Phi) is 3.87. The smallest absolute Gasteiger partial charge is 0.274 e. The molecule has 52 valence electrons. The molecule has 0 spiro atoms. The van der Waals surface area contributed by atoms with Crippen molar-refractivity contribution in [2.45, 2.75) is 6.92 Å². The normalized spacial score (nSPS) is 8.22. The third kappa shape index (κ3) is 5.16. The number of hydrogen-bond acceptors (Lipinski definition) is 3. The van der Waals surface area contributed by atoms with E-state index >= 15 is 0 Å². The molecule has 0 aromatic heterocycles. The van der Waals surface area contributed by atoms with Gasteiger partial charge < -0.3 is 0 Å². The van der Waals surface area contributed by atoms with E-state index in [2.05, 4.69) is 10.9 Å². The van der Waals surface area contributed by atoms with Crippen molar-refractivity contribution in [3.05, 3.63) is 0 Å². The largest absolute Gasteiger partial charge is 0.297 e. The minimum atomic E-state index is -0.280. The molecular formula is C4H8N2O2S. The maximum Gasteiger partial charge on any atom is 0.297 e. The van der Waals surface area contributed by atoms with Crippen LogP contribution in [0.3, 0.4) is 0 Å². The van der Waals surface area contributed by atoms with Crippen LogP contribution in [-0.2, 0) is 4.79 Å². The number of carbonyl (C=O) groups excluding carboxylic acids is 2. The molecule has 0 saturated heterocycles. The van der Waals surface area contributed by atoms with E-state index in [0.29, 0.717) is 0 Å². The lowest BCUT2D eigenvalue weighted by atomic mass is 10.8. The average molecular weight is 148 g/mol. The number of rotatable bonds is 0. The minimum Gasteiger partial charge on any atom is -0.274 e. The summed E-state index contributed by atoms with van der Waals surface area (Å²) in [5.41, 5.74) is 4.29. The van der Waals surface area contributed by atoms with Gasteiger partial charge in [-0.1, -0.05) is 11.8 Å². The summed E-state index contributed by atoms with van der Waals surface area (Å²) >= 11 is 1.00. The van der Waals surface area contributed by atoms with E-state index in [1.165, 1.54) is 6.92 Å². The Hall–Kier alpha value is -0.710. The van der Waals surface area contributed by atoms with Gasteiger partial charge in [-0.25, -0.2) is 0 Å². The second-order valence-corrected chi connectivity index (χ2v) is 2.08. The molecular weight excluding hydrogens is 140 g/mol. The lowest BCUT2D eigenvalue weighted by Gasteiger charge is -1.99. The molecule has 0 aliphatic heterocycles. The van der Waals surface area contributed by atoms with Crippen LogP contribution in [0.1, 0.15) is 6.92 Å². The zero-order valence-corrected chi connectivity index (χ0v) is 6.04. The zero-order valence-electron chi connectivity index (χ0n) is 5.22. The Morgan fingerprint density at radius 3 is 2.22 bits per heavy atom. The van der Waals surface area contributed by atoms with Gasteiger partial charge in [-0.05, 0) is 6.26 Å². The Bertz CT molecular complexity index is 126. The molecule has 0 aliphatic rings. The molecule has 0 fully saturated rings. The molecule has 0 aromatic carbocycles. The van der Waals surface area contributed by atoms with Crippen LogP contribution in [-0.4, -0.2) is 17.4 Å². The maximum absolute atomic E-state index is 10.4. The Morgan fingerprint density at radius 1 is 1.33 bits per heavy atom. The second-order valence-electron chi connectivity index (χ2n) is 1.30. The lowest BCUT2D eigenvalue weighted by Crippen LogP contribution is -2.37. The second kappa shape index (κ2) is 4.20. The van der Waals surface area contributed by atoms with Crippen LogP contribution in [0.5, 0.6) is 0 Å². The fourth-order valence-electron chi connectivity index (χ4n) is 0.190. The molecule has 0 aliphatic carbocycles. The highest BCUT2D eigenvalue weighted by Crippen LogP contribution is 1.89. The van der Waals surface area contributed by atoms with Gasteiger partial charge in [0.25, 0.3) is 5.24 Å². The monoisotopic (exact) mass is 148 g/mol. The van der Waals surface area contributed by atoms with Crippen LogP contribution >= 0.6 is 11.8 Å². The molecule has 4 nitrogen and oxygen atoms in total. The molecule has 5 heteroatoms. The molecule has 0 rings (SSSR count). The summed E-state index contributed by atoms with van der Waals surface area (Å²) in [7, 11) is 0. The summed E-state index contributed by atoms with van der Waals surface area (Å²) < 4.78 is 0. The van der Waals surface area contributed by atoms with Gasteiger partial charge in [0.05, 0.1) is 0 Å². The van der Waals surface area contributed by atoms with E-state index in [1.807, 2.05) is 0 Å². The number of thioether (sulfide) groups is 1. The van der Waals surface area contributed by atoms with E-state index in [1.54, 1.807) is 6.26 Å². The van der Waals surface area contributed by atoms with E-state index in [4.69, 9.17) is 0 Å². The van der Waals surface area contributed by atoms with Gasteiger partial charge in [0, 0.05) is 6.92 Å². The van der Waals surface area contributed by atoms with Crippen molar-refractivity contribution in [2.24, 2.45) is 0 Å². The van der Waals surface area contributed by atoms with Gasteiger partial charge in [-0.15, -0.1) is 0 Å². The van der Waals surface area contributed by atoms with Gasteiger partial charge >= 0.3 is 0 Å². The number of nitrogens with one attached hydrogen (secondary N) is 2. The van der Waals surface area contributed by atoms with Crippen LogP contribution in [0, 0.1) is 0 Å².